The Morgan fingerprint density at radius 2 is 1.95 bits per heavy atom. The van der Waals surface area contributed by atoms with Crippen molar-refractivity contribution in [3.05, 3.63) is 54.2 Å². The molecule has 0 spiro atoms. The Kier molecular flexibility index (Phi) is 3.61. The molecule has 104 valence electrons. The summed E-state index contributed by atoms with van der Waals surface area (Å²) in [5, 5.41) is 20.4. The maximum absolute atomic E-state index is 7.34. The van der Waals surface area contributed by atoms with Crippen LogP contribution in [0.1, 0.15) is 5.56 Å². The Morgan fingerprint density at radius 1 is 1.14 bits per heavy atom. The van der Waals surface area contributed by atoms with Gasteiger partial charge in [0.05, 0.1) is 5.69 Å². The summed E-state index contributed by atoms with van der Waals surface area (Å²) in [5.74, 6) is -0.00632. The summed E-state index contributed by atoms with van der Waals surface area (Å²) in [6, 6.07) is 13.2. The lowest BCUT2D eigenvalue weighted by molar-refractivity contribution is 0.756. The Bertz CT molecular complexity index is 752. The summed E-state index contributed by atoms with van der Waals surface area (Å²) in [7, 11) is 0. The monoisotopic (exact) mass is 297 g/mol. The number of nitrogens with one attached hydrogen (secondary N) is 1. The number of benzene rings is 1. The Hall–Kier alpha value is -2.74. The fourth-order valence-electron chi connectivity index (χ4n) is 1.67. The average Bonchev–Trinajstić information content (AvgIpc) is 2.97. The molecule has 7 nitrogen and oxygen atoms in total. The molecular weight excluding hydrogens is 286 g/mol. The third-order valence-corrected chi connectivity index (χ3v) is 3.57. The minimum atomic E-state index is -0.00632. The number of pyridine rings is 1. The lowest BCUT2D eigenvalue weighted by Crippen LogP contribution is -2.11. The number of amidine groups is 1. The molecule has 8 heteroatoms. The van der Waals surface area contributed by atoms with Crippen LogP contribution in [0.25, 0.3) is 5.69 Å². The van der Waals surface area contributed by atoms with E-state index in [2.05, 4.69) is 20.5 Å². The first-order valence-electron chi connectivity index (χ1n) is 6.06. The second kappa shape index (κ2) is 5.71. The van der Waals surface area contributed by atoms with E-state index in [0.29, 0.717) is 10.7 Å². The van der Waals surface area contributed by atoms with E-state index in [1.165, 1.54) is 11.8 Å². The topological polar surface area (TPSA) is 106 Å². The van der Waals surface area contributed by atoms with Crippen molar-refractivity contribution in [2.75, 3.05) is 0 Å². The predicted molar refractivity (Wildman–Crippen MR) is 78.5 cm³/mol. The normalized spacial score (nSPS) is 10.5. The standard InChI is InChI=1S/C13H11N7S/c14-12(15)9-6-7-11(16-8-9)21-13-17-18-19-20(13)10-4-2-1-3-5-10/h1-8H,(H3,14,15). The predicted octanol–water partition coefficient (Wildman–Crippen LogP) is 1.49. The average molecular weight is 297 g/mol. The van der Waals surface area contributed by atoms with Crippen molar-refractivity contribution in [3.8, 4) is 5.69 Å². The van der Waals surface area contributed by atoms with Crippen molar-refractivity contribution in [1.29, 1.82) is 5.41 Å². The molecular formula is C13H11N7S. The first-order chi connectivity index (χ1) is 10.2. The van der Waals surface area contributed by atoms with Crippen LogP contribution in [0.2, 0.25) is 0 Å². The fourth-order valence-corrected chi connectivity index (χ4v) is 2.40. The number of hydrogen-bond acceptors (Lipinski definition) is 6. The third-order valence-electron chi connectivity index (χ3n) is 2.68. The van der Waals surface area contributed by atoms with E-state index in [1.807, 2.05) is 30.3 Å². The van der Waals surface area contributed by atoms with Crippen LogP contribution in [-0.2, 0) is 0 Å². The van der Waals surface area contributed by atoms with Gasteiger partial charge in [-0.05, 0) is 46.5 Å². The van der Waals surface area contributed by atoms with Crippen LogP contribution < -0.4 is 5.73 Å². The molecule has 0 bridgehead atoms. The third kappa shape index (κ3) is 2.90. The van der Waals surface area contributed by atoms with Gasteiger partial charge < -0.3 is 5.73 Å². The molecule has 0 aliphatic carbocycles. The minimum Gasteiger partial charge on any atom is -0.384 e. The highest BCUT2D eigenvalue weighted by Gasteiger charge is 2.10. The number of para-hydroxylation sites is 1. The van der Waals surface area contributed by atoms with Gasteiger partial charge in [-0.1, -0.05) is 18.2 Å². The van der Waals surface area contributed by atoms with E-state index >= 15 is 0 Å². The molecule has 0 aliphatic heterocycles. The Morgan fingerprint density at radius 3 is 2.62 bits per heavy atom. The van der Waals surface area contributed by atoms with E-state index in [1.54, 1.807) is 23.0 Å². The summed E-state index contributed by atoms with van der Waals surface area (Å²) >= 11 is 1.34. The Balaban J connectivity index is 1.86. The number of nitrogens with zero attached hydrogens (tertiary/aromatic N) is 5. The van der Waals surface area contributed by atoms with Crippen LogP contribution >= 0.6 is 11.8 Å². The van der Waals surface area contributed by atoms with E-state index in [-0.39, 0.29) is 5.84 Å². The highest BCUT2D eigenvalue weighted by molar-refractivity contribution is 7.99. The maximum atomic E-state index is 7.34. The van der Waals surface area contributed by atoms with Gasteiger partial charge in [0.1, 0.15) is 10.9 Å². The molecule has 0 aliphatic rings. The molecule has 3 rings (SSSR count). The van der Waals surface area contributed by atoms with Gasteiger partial charge in [-0.2, -0.15) is 4.68 Å². The molecule has 0 fully saturated rings. The summed E-state index contributed by atoms with van der Waals surface area (Å²) in [4.78, 5) is 4.24. The zero-order chi connectivity index (χ0) is 14.7. The number of hydrogen-bond donors (Lipinski definition) is 2. The molecule has 0 unspecified atom stereocenters. The maximum Gasteiger partial charge on any atom is 0.220 e. The first-order valence-corrected chi connectivity index (χ1v) is 6.88. The van der Waals surface area contributed by atoms with E-state index in [9.17, 15) is 0 Å². The minimum absolute atomic E-state index is 0.00632. The molecule has 0 saturated carbocycles. The van der Waals surface area contributed by atoms with E-state index in [4.69, 9.17) is 11.1 Å². The number of nitrogen functional groups attached to an aromatic ring is 1. The fraction of sp³-hybridized carbons (Fsp3) is 0. The quantitative estimate of drug-likeness (QED) is 0.558. The van der Waals surface area contributed by atoms with Gasteiger partial charge in [-0.25, -0.2) is 4.98 Å². The van der Waals surface area contributed by atoms with Crippen molar-refractivity contribution in [2.24, 2.45) is 5.73 Å². The van der Waals surface area contributed by atoms with Crippen LogP contribution in [-0.4, -0.2) is 31.0 Å². The second-order valence-corrected chi connectivity index (χ2v) is 5.10. The smallest absolute Gasteiger partial charge is 0.220 e. The van der Waals surface area contributed by atoms with Gasteiger partial charge in [0.15, 0.2) is 0 Å². The van der Waals surface area contributed by atoms with Crippen molar-refractivity contribution in [3.63, 3.8) is 0 Å². The summed E-state index contributed by atoms with van der Waals surface area (Å²) < 4.78 is 1.64. The van der Waals surface area contributed by atoms with Gasteiger partial charge in [0, 0.05) is 11.8 Å². The van der Waals surface area contributed by atoms with Crippen LogP contribution in [0.15, 0.2) is 58.8 Å². The molecule has 21 heavy (non-hydrogen) atoms. The number of tetrazole rings is 1. The number of nitrogens with two attached hydrogens (primary N) is 1. The summed E-state index contributed by atoms with van der Waals surface area (Å²) in [5.41, 5.74) is 6.87. The Labute approximate surface area is 124 Å². The first kappa shape index (κ1) is 13.3. The van der Waals surface area contributed by atoms with Gasteiger partial charge in [0.2, 0.25) is 5.16 Å². The van der Waals surface area contributed by atoms with Gasteiger partial charge in [-0.15, -0.1) is 5.10 Å². The molecule has 2 aromatic heterocycles. The van der Waals surface area contributed by atoms with Crippen molar-refractivity contribution < 1.29 is 0 Å². The molecule has 1 aromatic carbocycles. The van der Waals surface area contributed by atoms with Crippen LogP contribution in [0.4, 0.5) is 0 Å². The van der Waals surface area contributed by atoms with Gasteiger partial charge in [0.25, 0.3) is 0 Å². The van der Waals surface area contributed by atoms with Crippen molar-refractivity contribution in [1.82, 2.24) is 25.2 Å². The van der Waals surface area contributed by atoms with E-state index in [0.717, 1.165) is 10.7 Å². The summed E-state index contributed by atoms with van der Waals surface area (Å²) in [6.45, 7) is 0. The summed E-state index contributed by atoms with van der Waals surface area (Å²) in [6.07, 6.45) is 1.56. The molecule has 0 saturated heterocycles. The lowest BCUT2D eigenvalue weighted by atomic mass is 10.3. The molecule has 0 atom stereocenters. The molecule has 0 radical (unpaired) electrons. The molecule has 3 aromatic rings. The second-order valence-electron chi connectivity index (χ2n) is 4.11. The largest absolute Gasteiger partial charge is 0.384 e. The molecule has 0 amide bonds. The van der Waals surface area contributed by atoms with Crippen molar-refractivity contribution in [2.45, 2.75) is 10.2 Å². The lowest BCUT2D eigenvalue weighted by Gasteiger charge is -2.04. The molecule has 3 N–H and O–H groups in total. The SMILES string of the molecule is N=C(N)c1ccc(Sc2nnnn2-c2ccccc2)nc1. The van der Waals surface area contributed by atoms with Crippen LogP contribution in [0.5, 0.6) is 0 Å². The highest BCUT2D eigenvalue weighted by atomic mass is 32.2. The highest BCUT2D eigenvalue weighted by Crippen LogP contribution is 2.25. The van der Waals surface area contributed by atoms with Crippen LogP contribution in [0.3, 0.4) is 0 Å². The zero-order valence-electron chi connectivity index (χ0n) is 10.8. The van der Waals surface area contributed by atoms with Gasteiger partial charge >= 0.3 is 0 Å². The zero-order valence-corrected chi connectivity index (χ0v) is 11.7. The molecule has 2 heterocycles. The van der Waals surface area contributed by atoms with Crippen LogP contribution in [0, 0.1) is 5.41 Å². The van der Waals surface area contributed by atoms with Crippen molar-refractivity contribution >= 4 is 17.6 Å². The number of aromatic nitrogens is 5. The van der Waals surface area contributed by atoms with Gasteiger partial charge in [-0.3, -0.25) is 5.41 Å². The van der Waals surface area contributed by atoms with E-state index < -0.39 is 0 Å². The number of rotatable bonds is 4.